The summed E-state index contributed by atoms with van der Waals surface area (Å²) >= 11 is 5.94. The molecule has 2 aromatic rings. The van der Waals surface area contributed by atoms with E-state index in [-0.39, 0.29) is 18.3 Å². The number of rotatable bonds is 7. The Morgan fingerprint density at radius 1 is 1.17 bits per heavy atom. The molecule has 1 aliphatic heterocycles. The quantitative estimate of drug-likeness (QED) is 0.393. The highest BCUT2D eigenvalue weighted by molar-refractivity contribution is 6.31. The number of carboxylic acids is 1. The van der Waals surface area contributed by atoms with Crippen LogP contribution in [-0.2, 0) is 11.3 Å². The Balaban J connectivity index is 0.000000572. The third-order valence-electron chi connectivity index (χ3n) is 5.35. The second-order valence-corrected chi connectivity index (χ2v) is 8.49. The number of primary amides is 1. The molecule has 2 amide bonds. The van der Waals surface area contributed by atoms with Crippen molar-refractivity contribution in [3.8, 4) is 5.75 Å². The van der Waals surface area contributed by atoms with E-state index in [1.165, 1.54) is 12.1 Å². The number of ether oxygens (including phenoxy) is 1. The maximum absolute atomic E-state index is 13.0. The van der Waals surface area contributed by atoms with Gasteiger partial charge in [-0.1, -0.05) is 23.7 Å². The maximum Gasteiger partial charge on any atom is 0.490 e. The molecule has 0 aliphatic carbocycles. The molecule has 1 fully saturated rings. The smallest absolute Gasteiger partial charge is 0.489 e. The highest BCUT2D eigenvalue weighted by Crippen LogP contribution is 2.29. The summed E-state index contributed by atoms with van der Waals surface area (Å²) in [6.45, 7) is 2.59. The van der Waals surface area contributed by atoms with Crippen molar-refractivity contribution in [2.45, 2.75) is 31.7 Å². The van der Waals surface area contributed by atoms with Crippen LogP contribution >= 0.6 is 11.6 Å². The number of alkyl halides is 3. The number of hydrogen-bond acceptors (Lipinski definition) is 5. The average Bonchev–Trinajstić information content (AvgIpc) is 2.80. The van der Waals surface area contributed by atoms with Crippen LogP contribution in [0.3, 0.4) is 0 Å². The van der Waals surface area contributed by atoms with Gasteiger partial charge >= 0.3 is 18.2 Å². The lowest BCUT2D eigenvalue weighted by atomic mass is 9.91. The number of aliphatic carboxylic acids is 1. The summed E-state index contributed by atoms with van der Waals surface area (Å²) in [6, 6.07) is 10.6. The van der Waals surface area contributed by atoms with Gasteiger partial charge < -0.3 is 26.0 Å². The molecule has 0 aromatic heterocycles. The first kappa shape index (κ1) is 29.1. The number of urea groups is 1. The molecule has 1 saturated heterocycles. The zero-order chi connectivity index (χ0) is 26.9. The van der Waals surface area contributed by atoms with E-state index in [9.17, 15) is 27.5 Å². The summed E-state index contributed by atoms with van der Waals surface area (Å²) in [6.07, 6.45) is -4.02. The Bertz CT molecular complexity index is 1020. The number of carbonyl (C=O) groups excluding carboxylic acids is 1. The molecule has 0 spiro atoms. The monoisotopic (exact) mass is 535 g/mol. The molecule has 0 radical (unpaired) electrons. The van der Waals surface area contributed by atoms with Crippen LogP contribution in [0, 0.1) is 11.7 Å². The number of anilines is 1. The predicted molar refractivity (Wildman–Crippen MR) is 124 cm³/mol. The fraction of sp³-hybridized carbons (Fsp3) is 0.391. The number of benzene rings is 2. The van der Waals surface area contributed by atoms with Gasteiger partial charge in [-0.3, -0.25) is 4.90 Å². The average molecular weight is 536 g/mol. The second-order valence-electron chi connectivity index (χ2n) is 8.05. The Labute approximate surface area is 209 Å². The van der Waals surface area contributed by atoms with Crippen LogP contribution in [-0.4, -0.2) is 59.1 Å². The fourth-order valence-electron chi connectivity index (χ4n) is 3.51. The number of nitrogens with one attached hydrogen (secondary N) is 1. The van der Waals surface area contributed by atoms with E-state index in [0.717, 1.165) is 38.0 Å². The van der Waals surface area contributed by atoms with E-state index in [4.69, 9.17) is 32.0 Å². The van der Waals surface area contributed by atoms with Crippen LogP contribution in [0.25, 0.3) is 0 Å². The Kier molecular flexibility index (Phi) is 10.8. The van der Waals surface area contributed by atoms with Gasteiger partial charge in [-0.05, 0) is 67.7 Å². The normalized spacial score (nSPS) is 15.4. The molecule has 1 heterocycles. The molecular weight excluding hydrogens is 510 g/mol. The standard InChI is InChI=1S/C21H25ClFN3O3.C2HF3O2/c22-16-3-6-20(18(11-16)25-21(24)28)29-13-19(27)15-7-9-26(10-8-15)12-14-1-4-17(23)5-2-14;3-2(4,5)1(6)7/h1-6,11,15,19,27H,7-10,12-13H2,(H3,24,25,28);(H,6,7). The first-order valence-corrected chi connectivity index (χ1v) is 11.2. The van der Waals surface area contributed by atoms with Gasteiger partial charge in [0.2, 0.25) is 0 Å². The molecule has 36 heavy (non-hydrogen) atoms. The van der Waals surface area contributed by atoms with Crippen molar-refractivity contribution in [3.63, 3.8) is 0 Å². The van der Waals surface area contributed by atoms with Crippen molar-refractivity contribution in [2.75, 3.05) is 25.0 Å². The number of hydrogen-bond donors (Lipinski definition) is 4. The van der Waals surface area contributed by atoms with Crippen molar-refractivity contribution in [1.82, 2.24) is 4.90 Å². The van der Waals surface area contributed by atoms with E-state index in [1.807, 2.05) is 0 Å². The lowest BCUT2D eigenvalue weighted by molar-refractivity contribution is -0.192. The van der Waals surface area contributed by atoms with Gasteiger partial charge in [-0.2, -0.15) is 13.2 Å². The Morgan fingerprint density at radius 3 is 2.28 bits per heavy atom. The van der Waals surface area contributed by atoms with Gasteiger partial charge in [0.25, 0.3) is 0 Å². The molecule has 0 bridgehead atoms. The number of carbonyl (C=O) groups is 2. The number of nitrogens with zero attached hydrogens (tertiary/aromatic N) is 1. The number of amides is 2. The summed E-state index contributed by atoms with van der Waals surface area (Å²) in [5.74, 6) is -2.46. The van der Waals surface area contributed by atoms with Gasteiger partial charge in [-0.25, -0.2) is 14.0 Å². The van der Waals surface area contributed by atoms with Crippen molar-refractivity contribution >= 4 is 29.3 Å². The van der Waals surface area contributed by atoms with Crippen LogP contribution in [0.1, 0.15) is 18.4 Å². The van der Waals surface area contributed by atoms with E-state index in [2.05, 4.69) is 10.2 Å². The molecule has 1 atom stereocenters. The van der Waals surface area contributed by atoms with Crippen molar-refractivity contribution in [3.05, 3.63) is 58.9 Å². The third-order valence-corrected chi connectivity index (χ3v) is 5.58. The Morgan fingerprint density at radius 2 is 1.75 bits per heavy atom. The first-order valence-electron chi connectivity index (χ1n) is 10.8. The molecule has 2 aromatic carbocycles. The molecular formula is C23H26ClF4N3O5. The molecule has 8 nitrogen and oxygen atoms in total. The highest BCUT2D eigenvalue weighted by Gasteiger charge is 2.38. The SMILES string of the molecule is NC(=O)Nc1cc(Cl)ccc1OCC(O)C1CCN(Cc2ccc(F)cc2)CC1.O=C(O)C(F)(F)F. The molecule has 198 valence electrons. The zero-order valence-electron chi connectivity index (χ0n) is 19.0. The van der Waals surface area contributed by atoms with Crippen molar-refractivity contribution < 1.29 is 42.1 Å². The minimum Gasteiger partial charge on any atom is -0.489 e. The zero-order valence-corrected chi connectivity index (χ0v) is 19.7. The molecule has 13 heteroatoms. The molecule has 5 N–H and O–H groups in total. The molecule has 1 unspecified atom stereocenters. The molecule has 0 saturated carbocycles. The minimum absolute atomic E-state index is 0.109. The van der Waals surface area contributed by atoms with E-state index < -0.39 is 24.3 Å². The maximum atomic E-state index is 13.0. The van der Waals surface area contributed by atoms with Gasteiger partial charge in [-0.15, -0.1) is 0 Å². The number of aliphatic hydroxyl groups is 1. The lowest BCUT2D eigenvalue weighted by Crippen LogP contribution is -2.39. The Hall–Kier alpha value is -3.09. The first-order chi connectivity index (χ1) is 16.8. The van der Waals surface area contributed by atoms with E-state index in [1.54, 1.807) is 30.3 Å². The summed E-state index contributed by atoms with van der Waals surface area (Å²) < 4.78 is 50.5. The number of aliphatic hydroxyl groups excluding tert-OH is 1. The number of nitrogens with two attached hydrogens (primary N) is 1. The number of halogens is 5. The van der Waals surface area contributed by atoms with Gasteiger partial charge in [0.1, 0.15) is 18.2 Å². The van der Waals surface area contributed by atoms with Crippen LogP contribution in [0.4, 0.5) is 28.0 Å². The van der Waals surface area contributed by atoms with Gasteiger partial charge in [0.15, 0.2) is 0 Å². The second kappa shape index (κ2) is 13.3. The van der Waals surface area contributed by atoms with Crippen molar-refractivity contribution in [2.24, 2.45) is 11.7 Å². The number of carboxylic acid groups (broad SMARTS) is 1. The van der Waals surface area contributed by atoms with E-state index in [0.29, 0.717) is 16.5 Å². The molecule has 3 rings (SSSR count). The third kappa shape index (κ3) is 9.88. The van der Waals surface area contributed by atoms with Crippen LogP contribution in [0.2, 0.25) is 5.02 Å². The highest BCUT2D eigenvalue weighted by atomic mass is 35.5. The summed E-state index contributed by atoms with van der Waals surface area (Å²) in [5, 5.41) is 20.6. The minimum atomic E-state index is -5.08. The van der Waals surface area contributed by atoms with Crippen LogP contribution < -0.4 is 15.8 Å². The summed E-state index contributed by atoms with van der Waals surface area (Å²) in [5.41, 5.74) is 6.61. The fourth-order valence-corrected chi connectivity index (χ4v) is 3.69. The molecule has 1 aliphatic rings. The number of likely N-dealkylation sites (tertiary alicyclic amines) is 1. The van der Waals surface area contributed by atoms with Crippen LogP contribution in [0.5, 0.6) is 5.75 Å². The predicted octanol–water partition coefficient (Wildman–Crippen LogP) is 4.25. The summed E-state index contributed by atoms with van der Waals surface area (Å²) in [7, 11) is 0. The van der Waals surface area contributed by atoms with Crippen LogP contribution in [0.15, 0.2) is 42.5 Å². The van der Waals surface area contributed by atoms with Gasteiger partial charge in [0, 0.05) is 11.6 Å². The lowest BCUT2D eigenvalue weighted by Gasteiger charge is -2.34. The summed E-state index contributed by atoms with van der Waals surface area (Å²) in [4.78, 5) is 22.3. The van der Waals surface area contributed by atoms with Crippen molar-refractivity contribution in [1.29, 1.82) is 0 Å². The van der Waals surface area contributed by atoms with E-state index >= 15 is 0 Å². The van der Waals surface area contributed by atoms with Gasteiger partial charge in [0.05, 0.1) is 11.8 Å². The topological polar surface area (TPSA) is 125 Å². The largest absolute Gasteiger partial charge is 0.490 e. The number of piperidine rings is 1.